The molecule has 2 aromatic carbocycles. The second-order valence-corrected chi connectivity index (χ2v) is 17.4. The van der Waals surface area contributed by atoms with Crippen LogP contribution in [0.4, 0.5) is 0 Å². The van der Waals surface area contributed by atoms with Crippen LogP contribution in [0, 0.1) is 12.3 Å². The Morgan fingerprint density at radius 2 is 1.86 bits per heavy atom. The summed E-state index contributed by atoms with van der Waals surface area (Å²) in [6.07, 6.45) is 14.8. The Bertz CT molecular complexity index is 2340. The zero-order chi connectivity index (χ0) is 45.7. The van der Waals surface area contributed by atoms with Crippen LogP contribution in [-0.4, -0.2) is 88.1 Å². The number of allylic oxidation sites excluding steroid dienone is 2. The molecule has 2 aromatic heterocycles. The number of likely N-dealkylation sites (N-methyl/N-ethyl adjacent to an activating group) is 1. The van der Waals surface area contributed by atoms with Gasteiger partial charge in [-0.05, 0) is 131 Å². The highest BCUT2D eigenvalue weighted by molar-refractivity contribution is 6.35. The first-order valence-corrected chi connectivity index (χ1v) is 22.0. The number of likely N-dealkylation sites (tertiary alicyclic amines) is 1. The van der Waals surface area contributed by atoms with E-state index in [1.807, 2.05) is 69.3 Å². The summed E-state index contributed by atoms with van der Waals surface area (Å²) < 4.78 is 6.21. The van der Waals surface area contributed by atoms with E-state index in [2.05, 4.69) is 57.2 Å². The first kappa shape index (κ1) is 48.4. The number of benzene rings is 2. The summed E-state index contributed by atoms with van der Waals surface area (Å²) >= 11 is 12.7. The average Bonchev–Trinajstić information content (AvgIpc) is 3.66. The van der Waals surface area contributed by atoms with E-state index in [4.69, 9.17) is 32.9 Å². The third-order valence-corrected chi connectivity index (χ3v) is 12.0. The molecule has 63 heavy (non-hydrogen) atoms. The number of amides is 3. The number of carbonyl (C=O) groups is 4. The standard InChI is InChI=1S/C48H58Cl2N8O5/c1-8-10-44(53-20-16-42-38-26-36(14-15-41(38)55-56-42)63-33(4)45-39(49)28-52-29-40(45)50)54-32(3)27-48(5,6)19-23-57-21-17-34(18-22-57)35-13-12-31(2)37(25-35)47(62)58(30-60)43(11-9-24-59)46(61)51-7/h8,10,12-16,20,24-26,28-30,33-34,43H,3,9,11,17-19,21-23,27H2,1-2,4-7H3,(H,51,61)(H,53,54)(H,55,56)/b10-8-,20-16+/t33-,43?/m1/s1. The number of fused-ring (bicyclic) bond motifs is 1. The quantitative estimate of drug-likeness (QED) is 0.0446. The van der Waals surface area contributed by atoms with Gasteiger partial charge in [0.2, 0.25) is 12.3 Å². The number of amidine groups is 1. The molecule has 1 saturated heterocycles. The van der Waals surface area contributed by atoms with Crippen LogP contribution in [0.5, 0.6) is 5.75 Å². The number of pyridine rings is 1. The highest BCUT2D eigenvalue weighted by atomic mass is 35.5. The van der Waals surface area contributed by atoms with E-state index in [1.54, 1.807) is 18.6 Å². The zero-order valence-electron chi connectivity index (χ0n) is 36.9. The fourth-order valence-electron chi connectivity index (χ4n) is 7.91. The number of H-pyrrole nitrogens is 1. The van der Waals surface area contributed by atoms with Crippen molar-refractivity contribution in [2.45, 2.75) is 91.2 Å². The summed E-state index contributed by atoms with van der Waals surface area (Å²) in [7, 11) is 1.44. The molecule has 0 aliphatic carbocycles. The number of aryl methyl sites for hydroxylation is 1. The average molecular weight is 898 g/mol. The number of ether oxygens (including phenoxy) is 1. The van der Waals surface area contributed by atoms with Crippen LogP contribution < -0.4 is 15.4 Å². The number of nitrogens with zero attached hydrogens (tertiary/aromatic N) is 5. The SMILES string of the molecule is C=C(CC(C)(C)CCN1CCC(c2ccc(C)c(C(=O)N(C=O)C(CCC=O)C(=O)NC)c2)CC1)NC(/C=C\C)=N/C=C/c1n[nH]c2ccc(O[C@H](C)c3c(Cl)cncc3Cl)cc12. The number of aromatic amines is 1. The summed E-state index contributed by atoms with van der Waals surface area (Å²) in [6, 6.07) is 10.4. The molecule has 0 spiro atoms. The fourth-order valence-corrected chi connectivity index (χ4v) is 8.58. The summed E-state index contributed by atoms with van der Waals surface area (Å²) in [5, 5.41) is 15.2. The van der Waals surface area contributed by atoms with Crippen LogP contribution in [0.1, 0.15) is 111 Å². The molecule has 3 amide bonds. The summed E-state index contributed by atoms with van der Waals surface area (Å²) in [5.74, 6) is 0.508. The monoisotopic (exact) mass is 896 g/mol. The van der Waals surface area contributed by atoms with Crippen molar-refractivity contribution in [3.8, 4) is 5.75 Å². The molecule has 3 N–H and O–H groups in total. The highest BCUT2D eigenvalue weighted by Crippen LogP contribution is 2.35. The van der Waals surface area contributed by atoms with Crippen LogP contribution in [0.15, 0.2) is 84.4 Å². The van der Waals surface area contributed by atoms with E-state index in [9.17, 15) is 19.2 Å². The first-order valence-electron chi connectivity index (χ1n) is 21.2. The zero-order valence-corrected chi connectivity index (χ0v) is 38.4. The van der Waals surface area contributed by atoms with Gasteiger partial charge in [0, 0.05) is 54.3 Å². The van der Waals surface area contributed by atoms with Crippen molar-refractivity contribution in [1.29, 1.82) is 0 Å². The van der Waals surface area contributed by atoms with E-state index in [0.29, 0.717) is 56.7 Å². The molecule has 2 atom stereocenters. The van der Waals surface area contributed by atoms with Gasteiger partial charge < -0.3 is 25.1 Å². The molecule has 3 heterocycles. The van der Waals surface area contributed by atoms with E-state index >= 15 is 0 Å². The maximum atomic E-state index is 13.6. The van der Waals surface area contributed by atoms with Crippen molar-refractivity contribution in [3.05, 3.63) is 117 Å². The van der Waals surface area contributed by atoms with Gasteiger partial charge in [0.25, 0.3) is 5.91 Å². The molecule has 1 unspecified atom stereocenters. The smallest absolute Gasteiger partial charge is 0.261 e. The van der Waals surface area contributed by atoms with Gasteiger partial charge in [0.1, 0.15) is 30.0 Å². The minimum atomic E-state index is -1.07. The lowest BCUT2D eigenvalue weighted by atomic mass is 9.83. The van der Waals surface area contributed by atoms with Gasteiger partial charge in [0.05, 0.1) is 21.3 Å². The predicted molar refractivity (Wildman–Crippen MR) is 251 cm³/mol. The Kier molecular flexibility index (Phi) is 17.4. The summed E-state index contributed by atoms with van der Waals surface area (Å²) in [6.45, 7) is 17.3. The number of aromatic nitrogens is 3. The molecular weight excluding hydrogens is 839 g/mol. The lowest BCUT2D eigenvalue weighted by Crippen LogP contribution is -2.48. The molecule has 4 aromatic rings. The maximum absolute atomic E-state index is 13.6. The van der Waals surface area contributed by atoms with Gasteiger partial charge in [-0.2, -0.15) is 5.10 Å². The summed E-state index contributed by atoms with van der Waals surface area (Å²) in [4.78, 5) is 61.5. The number of imide groups is 1. The second-order valence-electron chi connectivity index (χ2n) is 16.6. The normalized spacial score (nSPS) is 15.1. The van der Waals surface area contributed by atoms with Crippen molar-refractivity contribution in [2.24, 2.45) is 10.4 Å². The van der Waals surface area contributed by atoms with Crippen LogP contribution in [0.25, 0.3) is 17.0 Å². The minimum Gasteiger partial charge on any atom is -0.486 e. The third-order valence-electron chi connectivity index (χ3n) is 11.4. The minimum absolute atomic E-state index is 0.0357. The van der Waals surface area contributed by atoms with Crippen molar-refractivity contribution in [3.63, 3.8) is 0 Å². The fraction of sp³-hybridized carbons (Fsp3) is 0.396. The largest absolute Gasteiger partial charge is 0.486 e. The molecule has 1 aliphatic heterocycles. The van der Waals surface area contributed by atoms with E-state index in [0.717, 1.165) is 72.4 Å². The molecule has 0 saturated carbocycles. The first-order chi connectivity index (χ1) is 30.2. The topological polar surface area (TPSA) is 162 Å². The maximum Gasteiger partial charge on any atom is 0.261 e. The number of piperidine rings is 1. The van der Waals surface area contributed by atoms with Crippen LogP contribution in [-0.2, 0) is 14.4 Å². The molecule has 15 heteroatoms. The Morgan fingerprint density at radius 1 is 1.13 bits per heavy atom. The second kappa shape index (κ2) is 22.6. The van der Waals surface area contributed by atoms with Crippen LogP contribution in [0.2, 0.25) is 10.0 Å². The van der Waals surface area contributed by atoms with Gasteiger partial charge in [-0.15, -0.1) is 0 Å². The summed E-state index contributed by atoms with van der Waals surface area (Å²) in [5.41, 5.74) is 5.19. The number of hydrogen-bond donors (Lipinski definition) is 3. The molecule has 1 aliphatic rings. The molecule has 13 nitrogen and oxygen atoms in total. The predicted octanol–water partition coefficient (Wildman–Crippen LogP) is 9.14. The molecule has 0 bridgehead atoms. The van der Waals surface area contributed by atoms with Crippen molar-refractivity contribution < 1.29 is 23.9 Å². The Morgan fingerprint density at radius 3 is 2.52 bits per heavy atom. The Balaban J connectivity index is 1.13. The van der Waals surface area contributed by atoms with Gasteiger partial charge in [-0.3, -0.25) is 29.4 Å². The number of hydrogen-bond acceptors (Lipinski definition) is 9. The molecule has 334 valence electrons. The number of carbonyl (C=O) groups excluding carboxylic acids is 4. The van der Waals surface area contributed by atoms with Crippen molar-refractivity contribution >= 4 is 70.5 Å². The van der Waals surface area contributed by atoms with Crippen molar-refractivity contribution in [2.75, 3.05) is 26.7 Å². The third kappa shape index (κ3) is 13.0. The van der Waals surface area contributed by atoms with Crippen molar-refractivity contribution in [1.82, 2.24) is 35.6 Å². The van der Waals surface area contributed by atoms with Gasteiger partial charge in [0.15, 0.2) is 0 Å². The van der Waals surface area contributed by atoms with Gasteiger partial charge in [-0.1, -0.05) is 61.8 Å². The van der Waals surface area contributed by atoms with Crippen LogP contribution >= 0.6 is 23.2 Å². The molecule has 5 rings (SSSR count). The molecule has 1 fully saturated rings. The van der Waals surface area contributed by atoms with Gasteiger partial charge in [-0.25, -0.2) is 4.99 Å². The number of halogens is 2. The van der Waals surface area contributed by atoms with Crippen LogP contribution in [0.3, 0.4) is 0 Å². The number of aliphatic imine (C=N–C) groups is 1. The number of nitrogens with one attached hydrogen (secondary N) is 3. The molecule has 0 radical (unpaired) electrons. The highest BCUT2D eigenvalue weighted by Gasteiger charge is 2.31. The Hall–Kier alpha value is -5.63. The Labute approximate surface area is 380 Å². The van der Waals surface area contributed by atoms with Gasteiger partial charge >= 0.3 is 0 Å². The number of aldehydes is 1. The molecular formula is C48H58Cl2N8O5. The van der Waals surface area contributed by atoms with E-state index in [1.165, 1.54) is 7.05 Å². The lowest BCUT2D eigenvalue weighted by molar-refractivity contribution is -0.131. The van der Waals surface area contributed by atoms with E-state index in [-0.39, 0.29) is 24.2 Å². The van der Waals surface area contributed by atoms with E-state index < -0.39 is 24.0 Å². The number of rotatable bonds is 20. The lowest BCUT2D eigenvalue weighted by Gasteiger charge is -2.35.